The van der Waals surface area contributed by atoms with Gasteiger partial charge in [0.15, 0.2) is 11.5 Å². The van der Waals surface area contributed by atoms with Gasteiger partial charge in [0.1, 0.15) is 0 Å². The summed E-state index contributed by atoms with van der Waals surface area (Å²) in [5.74, 6) is 1.17. The molecule has 0 unspecified atom stereocenters. The van der Waals surface area contributed by atoms with Gasteiger partial charge in [0.25, 0.3) is 0 Å². The van der Waals surface area contributed by atoms with Gasteiger partial charge in [0.2, 0.25) is 5.91 Å². The van der Waals surface area contributed by atoms with E-state index in [-0.39, 0.29) is 11.9 Å². The topological polar surface area (TPSA) is 76.9 Å². The van der Waals surface area contributed by atoms with Gasteiger partial charge in [-0.3, -0.25) is 14.8 Å². The highest BCUT2D eigenvalue weighted by Gasteiger charge is 2.32. The third-order valence-electron chi connectivity index (χ3n) is 4.83. The molecule has 1 aromatic heterocycles. The molecule has 0 aliphatic carbocycles. The fourth-order valence-corrected chi connectivity index (χ4v) is 3.44. The summed E-state index contributed by atoms with van der Waals surface area (Å²) in [7, 11) is 3.19. The highest BCUT2D eigenvalue weighted by atomic mass is 16.5. The molecule has 2 heterocycles. The van der Waals surface area contributed by atoms with Crippen LogP contribution in [0.4, 0.5) is 0 Å². The van der Waals surface area contributed by atoms with Crippen molar-refractivity contribution in [2.45, 2.75) is 19.4 Å². The second-order valence-electron chi connectivity index (χ2n) is 6.50. The first kappa shape index (κ1) is 17.9. The van der Waals surface area contributed by atoms with Crippen LogP contribution in [-0.2, 0) is 4.79 Å². The number of amides is 1. The predicted octanol–water partition coefficient (Wildman–Crippen LogP) is 3.34. The Balaban J connectivity index is 1.70. The van der Waals surface area contributed by atoms with Crippen LogP contribution in [0.25, 0.3) is 11.0 Å². The first-order valence-corrected chi connectivity index (χ1v) is 8.91. The highest BCUT2D eigenvalue weighted by Crippen LogP contribution is 2.35. The van der Waals surface area contributed by atoms with Gasteiger partial charge in [0.05, 0.1) is 37.0 Å². The molecular formula is C21H20N4O3. The van der Waals surface area contributed by atoms with Gasteiger partial charge in [-0.2, -0.15) is 5.10 Å². The highest BCUT2D eigenvalue weighted by molar-refractivity contribution is 6.03. The number of hydrogen-bond donors (Lipinski definition) is 0. The lowest BCUT2D eigenvalue weighted by Crippen LogP contribution is -2.24. The zero-order valence-corrected chi connectivity index (χ0v) is 15.9. The predicted molar refractivity (Wildman–Crippen MR) is 105 cm³/mol. The van der Waals surface area contributed by atoms with Crippen LogP contribution in [0, 0.1) is 0 Å². The van der Waals surface area contributed by atoms with E-state index in [0.717, 1.165) is 27.9 Å². The Labute approximate surface area is 162 Å². The number of rotatable bonds is 4. The number of ether oxygens (including phenoxy) is 2. The molecule has 1 aliphatic heterocycles. The number of hydrazone groups is 1. The minimum atomic E-state index is -0.188. The minimum absolute atomic E-state index is 0.111. The summed E-state index contributed by atoms with van der Waals surface area (Å²) in [5, 5.41) is 6.13. The normalized spacial score (nSPS) is 16.2. The van der Waals surface area contributed by atoms with Gasteiger partial charge in [0, 0.05) is 31.3 Å². The number of nitrogens with zero attached hydrogens (tertiary/aromatic N) is 4. The molecule has 4 rings (SSSR count). The summed E-state index contributed by atoms with van der Waals surface area (Å²) in [6.07, 6.45) is 3.92. The smallest absolute Gasteiger partial charge is 0.240 e. The van der Waals surface area contributed by atoms with E-state index in [2.05, 4.69) is 15.1 Å². The van der Waals surface area contributed by atoms with Crippen molar-refractivity contribution < 1.29 is 14.3 Å². The van der Waals surface area contributed by atoms with Crippen LogP contribution in [-0.4, -0.2) is 40.8 Å². The molecule has 1 atom stereocenters. The fraction of sp³-hybridized carbons (Fsp3) is 0.238. The Morgan fingerprint density at radius 3 is 2.46 bits per heavy atom. The van der Waals surface area contributed by atoms with E-state index >= 15 is 0 Å². The van der Waals surface area contributed by atoms with Crippen LogP contribution in [0.2, 0.25) is 0 Å². The molecule has 7 heteroatoms. The van der Waals surface area contributed by atoms with Gasteiger partial charge < -0.3 is 9.47 Å². The van der Waals surface area contributed by atoms with Gasteiger partial charge >= 0.3 is 0 Å². The van der Waals surface area contributed by atoms with E-state index < -0.39 is 0 Å². The standard InChI is InChI=1S/C21H20N4O3/c1-13(26)25-19(15-4-6-16-18(10-15)23-9-8-22-16)12-17(24-25)14-5-7-20(27-2)21(11-14)28-3/h4-11,19H,12H2,1-3H3/t19-/m0/s1. The molecule has 0 N–H and O–H groups in total. The minimum Gasteiger partial charge on any atom is -0.493 e. The van der Waals surface area contributed by atoms with Gasteiger partial charge in [-0.1, -0.05) is 6.07 Å². The summed E-state index contributed by atoms with van der Waals surface area (Å²) in [6.45, 7) is 1.52. The third-order valence-corrected chi connectivity index (χ3v) is 4.83. The molecule has 0 spiro atoms. The molecular weight excluding hydrogens is 356 g/mol. The van der Waals surface area contributed by atoms with Gasteiger partial charge in [-0.15, -0.1) is 0 Å². The average molecular weight is 376 g/mol. The van der Waals surface area contributed by atoms with Crippen molar-refractivity contribution in [2.24, 2.45) is 5.10 Å². The lowest BCUT2D eigenvalue weighted by atomic mass is 9.97. The van der Waals surface area contributed by atoms with Gasteiger partial charge in [-0.25, -0.2) is 5.01 Å². The second kappa shape index (κ2) is 7.26. The number of benzene rings is 2. The van der Waals surface area contributed by atoms with Crippen molar-refractivity contribution in [1.29, 1.82) is 0 Å². The third kappa shape index (κ3) is 3.15. The van der Waals surface area contributed by atoms with Crippen molar-refractivity contribution in [2.75, 3.05) is 14.2 Å². The van der Waals surface area contributed by atoms with Crippen molar-refractivity contribution in [3.63, 3.8) is 0 Å². The molecule has 3 aromatic rings. The maximum absolute atomic E-state index is 12.2. The Morgan fingerprint density at radius 2 is 1.75 bits per heavy atom. The quantitative estimate of drug-likeness (QED) is 0.698. The van der Waals surface area contributed by atoms with E-state index in [1.54, 1.807) is 26.6 Å². The van der Waals surface area contributed by atoms with E-state index in [9.17, 15) is 4.79 Å². The molecule has 28 heavy (non-hydrogen) atoms. The van der Waals surface area contributed by atoms with Crippen molar-refractivity contribution in [1.82, 2.24) is 15.0 Å². The van der Waals surface area contributed by atoms with Crippen LogP contribution in [0.15, 0.2) is 53.9 Å². The molecule has 0 radical (unpaired) electrons. The summed E-state index contributed by atoms with van der Waals surface area (Å²) < 4.78 is 10.7. The maximum Gasteiger partial charge on any atom is 0.240 e. The number of hydrogen-bond acceptors (Lipinski definition) is 6. The molecule has 2 aromatic carbocycles. The monoisotopic (exact) mass is 376 g/mol. The molecule has 1 aliphatic rings. The largest absolute Gasteiger partial charge is 0.493 e. The van der Waals surface area contributed by atoms with E-state index in [4.69, 9.17) is 9.47 Å². The molecule has 0 saturated carbocycles. The lowest BCUT2D eigenvalue weighted by molar-refractivity contribution is -0.130. The molecule has 7 nitrogen and oxygen atoms in total. The second-order valence-corrected chi connectivity index (χ2v) is 6.50. The molecule has 0 saturated heterocycles. The number of methoxy groups -OCH3 is 2. The summed E-state index contributed by atoms with van der Waals surface area (Å²) >= 11 is 0. The number of carbonyl (C=O) groups is 1. The summed E-state index contributed by atoms with van der Waals surface area (Å²) in [4.78, 5) is 20.9. The lowest BCUT2D eigenvalue weighted by Gasteiger charge is -2.20. The Bertz CT molecular complexity index is 1080. The van der Waals surface area contributed by atoms with E-state index in [1.807, 2.05) is 36.4 Å². The first-order chi connectivity index (χ1) is 13.6. The fourth-order valence-electron chi connectivity index (χ4n) is 3.44. The Morgan fingerprint density at radius 1 is 1.00 bits per heavy atom. The van der Waals surface area contributed by atoms with E-state index in [1.165, 1.54) is 11.9 Å². The van der Waals surface area contributed by atoms with Crippen LogP contribution < -0.4 is 9.47 Å². The van der Waals surface area contributed by atoms with Gasteiger partial charge in [-0.05, 0) is 35.9 Å². The Kier molecular flexibility index (Phi) is 4.65. The molecule has 0 bridgehead atoms. The first-order valence-electron chi connectivity index (χ1n) is 8.91. The number of fused-ring (bicyclic) bond motifs is 1. The number of aromatic nitrogens is 2. The average Bonchev–Trinajstić information content (AvgIpc) is 3.18. The van der Waals surface area contributed by atoms with E-state index in [0.29, 0.717) is 17.9 Å². The van der Waals surface area contributed by atoms with Crippen molar-refractivity contribution in [3.8, 4) is 11.5 Å². The van der Waals surface area contributed by atoms with Crippen molar-refractivity contribution >= 4 is 22.7 Å². The Hall–Kier alpha value is -3.48. The van der Waals surface area contributed by atoms with Crippen LogP contribution in [0.5, 0.6) is 11.5 Å². The zero-order valence-electron chi connectivity index (χ0n) is 15.9. The SMILES string of the molecule is COc1ccc(C2=NN(C(C)=O)[C@H](c3ccc4nccnc4c3)C2)cc1OC. The molecule has 1 amide bonds. The van der Waals surface area contributed by atoms with Crippen LogP contribution >= 0.6 is 0 Å². The molecule has 0 fully saturated rings. The summed E-state index contributed by atoms with van der Waals surface area (Å²) in [5.41, 5.74) is 4.30. The van der Waals surface area contributed by atoms with Crippen LogP contribution in [0.3, 0.4) is 0 Å². The zero-order chi connectivity index (χ0) is 19.7. The molecule has 142 valence electrons. The van der Waals surface area contributed by atoms with Crippen LogP contribution in [0.1, 0.15) is 30.5 Å². The van der Waals surface area contributed by atoms with Crippen molar-refractivity contribution in [3.05, 3.63) is 59.9 Å². The maximum atomic E-state index is 12.2. The number of carbonyl (C=O) groups excluding carboxylic acids is 1. The summed E-state index contributed by atoms with van der Waals surface area (Å²) in [6, 6.07) is 11.3.